The van der Waals surface area contributed by atoms with E-state index in [-0.39, 0.29) is 17.4 Å². The van der Waals surface area contributed by atoms with Crippen LogP contribution >= 0.6 is 34.7 Å². The van der Waals surface area contributed by atoms with Crippen molar-refractivity contribution in [3.63, 3.8) is 0 Å². The fourth-order valence-electron chi connectivity index (χ4n) is 4.63. The van der Waals surface area contributed by atoms with E-state index in [4.69, 9.17) is 16.6 Å². The third-order valence-corrected chi connectivity index (χ3v) is 9.01. The molecular weight excluding hydrogens is 490 g/mol. The van der Waals surface area contributed by atoms with Crippen molar-refractivity contribution in [3.05, 3.63) is 68.3 Å². The molecular formula is C25H24ClN3O3S2. The molecule has 1 fully saturated rings. The molecule has 2 aliphatic rings. The van der Waals surface area contributed by atoms with E-state index >= 15 is 0 Å². The van der Waals surface area contributed by atoms with Crippen LogP contribution < -0.4 is 5.56 Å². The first-order valence-electron chi connectivity index (χ1n) is 11.4. The normalized spacial score (nSPS) is 18.2. The Morgan fingerprint density at radius 3 is 2.76 bits per heavy atom. The number of imide groups is 1. The van der Waals surface area contributed by atoms with Gasteiger partial charge in [0.15, 0.2) is 5.16 Å². The van der Waals surface area contributed by atoms with Crippen LogP contribution in [0.4, 0.5) is 0 Å². The van der Waals surface area contributed by atoms with Crippen LogP contribution in [0.2, 0.25) is 5.02 Å². The number of thiophene rings is 1. The summed E-state index contributed by atoms with van der Waals surface area (Å²) in [7, 11) is 0. The number of halogens is 1. The van der Waals surface area contributed by atoms with Gasteiger partial charge in [-0.3, -0.25) is 23.9 Å². The second kappa shape index (κ2) is 9.68. The molecule has 0 spiro atoms. The van der Waals surface area contributed by atoms with Crippen molar-refractivity contribution in [2.75, 3.05) is 6.54 Å². The Hall–Kier alpha value is -2.42. The van der Waals surface area contributed by atoms with Crippen molar-refractivity contribution in [2.45, 2.75) is 55.5 Å². The first-order valence-corrected chi connectivity index (χ1v) is 13.5. The number of allylic oxidation sites excluding steroid dienone is 1. The molecule has 2 amide bonds. The summed E-state index contributed by atoms with van der Waals surface area (Å²) in [5.74, 6) is -0.564. The number of likely N-dealkylation sites (tertiary alicyclic amines) is 1. The monoisotopic (exact) mass is 513 g/mol. The van der Waals surface area contributed by atoms with E-state index in [0.717, 1.165) is 47.9 Å². The van der Waals surface area contributed by atoms with E-state index in [2.05, 4.69) is 6.58 Å². The van der Waals surface area contributed by atoms with Crippen LogP contribution in [0.3, 0.4) is 0 Å². The highest BCUT2D eigenvalue weighted by atomic mass is 35.5. The summed E-state index contributed by atoms with van der Waals surface area (Å²) in [5, 5.41) is 1.27. The highest BCUT2D eigenvalue weighted by Gasteiger charge is 2.34. The number of hydrogen-bond acceptors (Lipinski definition) is 6. The predicted octanol–water partition coefficient (Wildman–Crippen LogP) is 5.10. The summed E-state index contributed by atoms with van der Waals surface area (Å²) >= 11 is 8.83. The molecule has 0 radical (unpaired) electrons. The molecule has 0 N–H and O–H groups in total. The second-order valence-electron chi connectivity index (χ2n) is 8.54. The number of benzene rings is 1. The van der Waals surface area contributed by atoms with Crippen molar-refractivity contribution >= 4 is 56.7 Å². The van der Waals surface area contributed by atoms with Gasteiger partial charge in [0.2, 0.25) is 5.91 Å². The summed E-state index contributed by atoms with van der Waals surface area (Å²) in [6.45, 7) is 4.51. The number of rotatable bonds is 5. The lowest BCUT2D eigenvalue weighted by Gasteiger charge is -2.23. The Bertz CT molecular complexity index is 1350. The number of carbonyl (C=O) groups is 2. The molecule has 1 aromatic carbocycles. The molecule has 34 heavy (non-hydrogen) atoms. The number of aryl methyl sites for hydroxylation is 2. The van der Waals surface area contributed by atoms with Gasteiger partial charge in [0.1, 0.15) is 4.83 Å². The molecule has 1 saturated heterocycles. The highest BCUT2D eigenvalue weighted by Crippen LogP contribution is 2.37. The molecule has 0 bridgehead atoms. The molecule has 176 valence electrons. The maximum absolute atomic E-state index is 13.5. The van der Waals surface area contributed by atoms with Gasteiger partial charge >= 0.3 is 0 Å². The third kappa shape index (κ3) is 4.23. The molecule has 3 aromatic rings. The van der Waals surface area contributed by atoms with E-state index in [1.165, 1.54) is 21.5 Å². The largest absolute Gasteiger partial charge is 0.283 e. The Morgan fingerprint density at radius 2 is 2.00 bits per heavy atom. The second-order valence-corrected chi connectivity index (χ2v) is 11.2. The average molecular weight is 514 g/mol. The van der Waals surface area contributed by atoms with Gasteiger partial charge in [-0.05, 0) is 61.9 Å². The third-order valence-electron chi connectivity index (χ3n) is 6.32. The number of aromatic nitrogens is 2. The van der Waals surface area contributed by atoms with Crippen molar-refractivity contribution < 1.29 is 9.59 Å². The molecule has 6 nitrogen and oxygen atoms in total. The molecule has 5 rings (SSSR count). The maximum Gasteiger partial charge on any atom is 0.263 e. The summed E-state index contributed by atoms with van der Waals surface area (Å²) in [6.07, 6.45) is 6.83. The van der Waals surface area contributed by atoms with Gasteiger partial charge in [-0.25, -0.2) is 4.98 Å². The minimum Gasteiger partial charge on any atom is -0.283 e. The number of amides is 2. The van der Waals surface area contributed by atoms with Gasteiger partial charge in [0, 0.05) is 28.6 Å². The molecule has 0 saturated carbocycles. The van der Waals surface area contributed by atoms with Gasteiger partial charge in [-0.15, -0.1) is 17.9 Å². The molecule has 0 unspecified atom stereocenters. The summed E-state index contributed by atoms with van der Waals surface area (Å²) in [6, 6.07) is 6.57. The Morgan fingerprint density at radius 1 is 1.21 bits per heavy atom. The van der Waals surface area contributed by atoms with Gasteiger partial charge in [0.05, 0.1) is 10.6 Å². The fourth-order valence-corrected chi connectivity index (χ4v) is 7.26. The molecule has 1 aliphatic heterocycles. The summed E-state index contributed by atoms with van der Waals surface area (Å²) in [4.78, 5) is 48.2. The Balaban J connectivity index is 1.48. The van der Waals surface area contributed by atoms with Crippen LogP contribution in [-0.2, 0) is 24.2 Å². The van der Waals surface area contributed by atoms with Crippen LogP contribution in [0, 0.1) is 0 Å². The maximum atomic E-state index is 13.5. The number of carbonyl (C=O) groups excluding carboxylic acids is 2. The van der Waals surface area contributed by atoms with Crippen LogP contribution in [0.5, 0.6) is 0 Å². The fraction of sp³-hybridized carbons (Fsp3) is 0.360. The molecule has 1 atom stereocenters. The lowest BCUT2D eigenvalue weighted by molar-refractivity contribution is -0.127. The highest BCUT2D eigenvalue weighted by molar-refractivity contribution is 8.00. The van der Waals surface area contributed by atoms with Crippen molar-refractivity contribution in [1.82, 2.24) is 14.5 Å². The standard InChI is InChI=1S/C25H24ClN3O3S2/c1-2-13-29-24(32)20-17-6-5-8-18(17)33-21(20)27-25(29)34-19-7-3-4-14-28(23(19)31)22(30)15-9-11-16(26)12-10-15/h2,9-12,19H,1,3-8,13-14H2/t19-/m1/s1. The average Bonchev–Trinajstić information content (AvgIpc) is 3.36. The predicted molar refractivity (Wildman–Crippen MR) is 137 cm³/mol. The Kier molecular flexibility index (Phi) is 6.64. The van der Waals surface area contributed by atoms with E-state index in [1.54, 1.807) is 46.2 Å². The van der Waals surface area contributed by atoms with Crippen molar-refractivity contribution in [1.29, 1.82) is 0 Å². The van der Waals surface area contributed by atoms with Crippen LogP contribution in [0.15, 0.2) is 46.9 Å². The number of nitrogens with zero attached hydrogens (tertiary/aromatic N) is 3. The van der Waals surface area contributed by atoms with E-state index in [1.807, 2.05) is 0 Å². The van der Waals surface area contributed by atoms with Gasteiger partial charge in [0.25, 0.3) is 11.5 Å². The number of thioether (sulfide) groups is 1. The molecule has 9 heteroatoms. The smallest absolute Gasteiger partial charge is 0.263 e. The van der Waals surface area contributed by atoms with Crippen molar-refractivity contribution in [2.24, 2.45) is 0 Å². The van der Waals surface area contributed by atoms with Gasteiger partial charge in [-0.1, -0.05) is 35.9 Å². The minimum absolute atomic E-state index is 0.0676. The van der Waals surface area contributed by atoms with E-state index in [0.29, 0.717) is 35.3 Å². The van der Waals surface area contributed by atoms with Crippen molar-refractivity contribution in [3.8, 4) is 0 Å². The first-order chi connectivity index (χ1) is 16.5. The molecule has 2 aromatic heterocycles. The minimum atomic E-state index is -0.494. The zero-order valence-electron chi connectivity index (χ0n) is 18.6. The quantitative estimate of drug-likeness (QED) is 0.269. The van der Waals surface area contributed by atoms with Crippen LogP contribution in [0.25, 0.3) is 10.2 Å². The summed E-state index contributed by atoms with van der Waals surface area (Å²) in [5.41, 5.74) is 1.50. The number of fused-ring (bicyclic) bond motifs is 3. The lowest BCUT2D eigenvalue weighted by atomic mass is 10.2. The van der Waals surface area contributed by atoms with E-state index in [9.17, 15) is 14.4 Å². The molecule has 3 heterocycles. The zero-order chi connectivity index (χ0) is 23.8. The van der Waals surface area contributed by atoms with Gasteiger partial charge < -0.3 is 0 Å². The number of hydrogen-bond donors (Lipinski definition) is 0. The zero-order valence-corrected chi connectivity index (χ0v) is 21.0. The van der Waals surface area contributed by atoms with Crippen LogP contribution in [0.1, 0.15) is 46.5 Å². The lowest BCUT2D eigenvalue weighted by Crippen LogP contribution is -2.41. The molecule has 1 aliphatic carbocycles. The van der Waals surface area contributed by atoms with E-state index < -0.39 is 5.25 Å². The topological polar surface area (TPSA) is 72.3 Å². The van der Waals surface area contributed by atoms with Crippen LogP contribution in [-0.4, -0.2) is 38.1 Å². The van der Waals surface area contributed by atoms with Gasteiger partial charge in [-0.2, -0.15) is 0 Å². The first kappa shape index (κ1) is 23.3. The summed E-state index contributed by atoms with van der Waals surface area (Å²) < 4.78 is 1.62. The Labute approximate surface area is 210 Å². The SMILES string of the molecule is C=CCn1c(S[C@@H]2CCCCN(C(=O)c3ccc(Cl)cc3)C2=O)nc2sc3c(c2c1=O)CCC3.